The number of halogens is 1. The summed E-state index contributed by atoms with van der Waals surface area (Å²) in [6, 6.07) is 0.411. The van der Waals surface area contributed by atoms with Crippen molar-refractivity contribution in [3.05, 3.63) is 0 Å². The zero-order valence-corrected chi connectivity index (χ0v) is 9.03. The van der Waals surface area contributed by atoms with Gasteiger partial charge in [0.2, 0.25) is 0 Å². The van der Waals surface area contributed by atoms with Crippen LogP contribution in [0.4, 0.5) is 9.18 Å². The van der Waals surface area contributed by atoms with Gasteiger partial charge >= 0.3 is 6.09 Å². The van der Waals surface area contributed by atoms with Gasteiger partial charge in [0.15, 0.2) is 0 Å². The number of amides is 1. The lowest BCUT2D eigenvalue weighted by Crippen LogP contribution is -2.59. The number of likely N-dealkylation sites (tertiary alicyclic amines) is 1. The van der Waals surface area contributed by atoms with E-state index < -0.39 is 17.9 Å². The van der Waals surface area contributed by atoms with Gasteiger partial charge < -0.3 is 20.4 Å². The van der Waals surface area contributed by atoms with E-state index in [1.165, 1.54) is 0 Å². The fraction of sp³-hybridized carbons (Fsp3) is 0.900. The molecule has 1 aliphatic carbocycles. The molecular formula is C10H17FN2O3. The minimum Gasteiger partial charge on any atom is -0.465 e. The zero-order chi connectivity index (χ0) is 11.8. The number of carboxylic acid groups (broad SMARTS) is 1. The van der Waals surface area contributed by atoms with Crippen molar-refractivity contribution in [1.29, 1.82) is 0 Å². The summed E-state index contributed by atoms with van der Waals surface area (Å²) in [5.74, 6) is 0. The molecule has 2 atom stereocenters. The SMILES string of the molecule is O=C(O)N1CC[C@](O)(CNC2CC2)[C@@H](F)C1. The summed E-state index contributed by atoms with van der Waals surface area (Å²) in [5, 5.41) is 21.9. The van der Waals surface area contributed by atoms with Gasteiger partial charge in [-0.15, -0.1) is 0 Å². The van der Waals surface area contributed by atoms with E-state index in [0.717, 1.165) is 17.7 Å². The molecule has 0 spiro atoms. The normalized spacial score (nSPS) is 35.1. The summed E-state index contributed by atoms with van der Waals surface area (Å²) in [6.07, 6.45) is -0.327. The lowest BCUT2D eigenvalue weighted by atomic mass is 9.89. The highest BCUT2D eigenvalue weighted by atomic mass is 19.1. The molecule has 6 heteroatoms. The maximum Gasteiger partial charge on any atom is 0.407 e. The summed E-state index contributed by atoms with van der Waals surface area (Å²) < 4.78 is 13.7. The molecule has 1 saturated carbocycles. The van der Waals surface area contributed by atoms with Crippen LogP contribution < -0.4 is 5.32 Å². The molecule has 2 rings (SSSR count). The van der Waals surface area contributed by atoms with Gasteiger partial charge in [-0.25, -0.2) is 9.18 Å². The maximum absolute atomic E-state index is 13.7. The first-order chi connectivity index (χ1) is 7.51. The number of carbonyl (C=O) groups is 1. The fourth-order valence-corrected chi connectivity index (χ4v) is 1.92. The number of hydrogen-bond donors (Lipinski definition) is 3. The first-order valence-electron chi connectivity index (χ1n) is 5.59. The minimum atomic E-state index is -1.51. The average Bonchev–Trinajstić information content (AvgIpc) is 3.03. The van der Waals surface area contributed by atoms with Crippen molar-refractivity contribution in [2.24, 2.45) is 0 Å². The summed E-state index contributed by atoms with van der Waals surface area (Å²) in [5.41, 5.74) is -1.41. The third kappa shape index (κ3) is 2.44. The van der Waals surface area contributed by atoms with Crippen molar-refractivity contribution in [3.63, 3.8) is 0 Å². The molecule has 0 unspecified atom stereocenters. The Labute approximate surface area is 93.2 Å². The maximum atomic E-state index is 13.7. The van der Waals surface area contributed by atoms with Crippen LogP contribution in [0.3, 0.4) is 0 Å². The predicted octanol–water partition coefficient (Wildman–Crippen LogP) is 0.191. The molecule has 3 N–H and O–H groups in total. The number of piperidine rings is 1. The molecule has 16 heavy (non-hydrogen) atoms. The van der Waals surface area contributed by atoms with Gasteiger partial charge in [0, 0.05) is 19.1 Å². The van der Waals surface area contributed by atoms with E-state index in [0.29, 0.717) is 6.04 Å². The molecule has 2 aliphatic rings. The summed E-state index contributed by atoms with van der Waals surface area (Å²) in [4.78, 5) is 11.7. The average molecular weight is 232 g/mol. The number of aliphatic hydroxyl groups is 1. The summed E-state index contributed by atoms with van der Waals surface area (Å²) in [6.45, 7) is 0.170. The third-order valence-corrected chi connectivity index (χ3v) is 3.32. The molecule has 92 valence electrons. The van der Waals surface area contributed by atoms with Gasteiger partial charge in [-0.2, -0.15) is 0 Å². The van der Waals surface area contributed by atoms with E-state index in [2.05, 4.69) is 5.32 Å². The highest BCUT2D eigenvalue weighted by Gasteiger charge is 2.43. The topological polar surface area (TPSA) is 72.8 Å². The molecule has 0 aromatic carbocycles. The molecule has 1 saturated heterocycles. The standard InChI is InChI=1S/C10H17FN2O3/c11-8-5-13(9(14)15)4-3-10(8,16)6-12-7-1-2-7/h7-8,12,16H,1-6H2,(H,14,15)/t8-,10-/m0/s1. The number of nitrogens with one attached hydrogen (secondary N) is 1. The molecular weight excluding hydrogens is 215 g/mol. The Hall–Kier alpha value is -0.880. The van der Waals surface area contributed by atoms with Crippen molar-refractivity contribution in [2.45, 2.75) is 37.1 Å². The van der Waals surface area contributed by atoms with Crippen LogP contribution in [0.2, 0.25) is 0 Å². The van der Waals surface area contributed by atoms with Crippen LogP contribution in [0.5, 0.6) is 0 Å². The first-order valence-corrected chi connectivity index (χ1v) is 5.59. The molecule has 1 heterocycles. The van der Waals surface area contributed by atoms with Gasteiger partial charge in [0.1, 0.15) is 11.8 Å². The van der Waals surface area contributed by atoms with Crippen molar-refractivity contribution in [1.82, 2.24) is 10.2 Å². The molecule has 1 amide bonds. The first kappa shape index (κ1) is 11.6. The number of alkyl halides is 1. The van der Waals surface area contributed by atoms with Gasteiger partial charge in [0.05, 0.1) is 6.54 Å². The Bertz CT molecular complexity index is 285. The number of rotatable bonds is 3. The number of hydrogen-bond acceptors (Lipinski definition) is 3. The van der Waals surface area contributed by atoms with Gasteiger partial charge in [-0.1, -0.05) is 0 Å². The third-order valence-electron chi connectivity index (χ3n) is 3.32. The molecule has 5 nitrogen and oxygen atoms in total. The van der Waals surface area contributed by atoms with Crippen LogP contribution in [-0.2, 0) is 0 Å². The lowest BCUT2D eigenvalue weighted by molar-refractivity contribution is -0.0773. The van der Waals surface area contributed by atoms with Crippen molar-refractivity contribution >= 4 is 6.09 Å². The largest absolute Gasteiger partial charge is 0.465 e. The highest BCUT2D eigenvalue weighted by Crippen LogP contribution is 2.27. The Morgan fingerprint density at radius 2 is 2.25 bits per heavy atom. The highest BCUT2D eigenvalue weighted by molar-refractivity contribution is 5.65. The van der Waals surface area contributed by atoms with E-state index in [1.807, 2.05) is 0 Å². The smallest absolute Gasteiger partial charge is 0.407 e. The quantitative estimate of drug-likeness (QED) is 0.649. The Morgan fingerprint density at radius 1 is 1.56 bits per heavy atom. The molecule has 0 bridgehead atoms. The van der Waals surface area contributed by atoms with Crippen molar-refractivity contribution in [2.75, 3.05) is 19.6 Å². The molecule has 2 fully saturated rings. The minimum absolute atomic E-state index is 0.153. The Balaban J connectivity index is 1.87. The van der Waals surface area contributed by atoms with E-state index in [4.69, 9.17) is 5.11 Å². The lowest BCUT2D eigenvalue weighted by Gasteiger charge is -2.39. The van der Waals surface area contributed by atoms with E-state index >= 15 is 0 Å². The molecule has 0 aromatic rings. The molecule has 0 aromatic heterocycles. The van der Waals surface area contributed by atoms with Gasteiger partial charge in [-0.3, -0.25) is 0 Å². The van der Waals surface area contributed by atoms with Crippen molar-refractivity contribution in [3.8, 4) is 0 Å². The van der Waals surface area contributed by atoms with Crippen LogP contribution in [-0.4, -0.2) is 58.7 Å². The van der Waals surface area contributed by atoms with E-state index in [9.17, 15) is 14.3 Å². The molecule has 1 aliphatic heterocycles. The second kappa shape index (κ2) is 4.18. The van der Waals surface area contributed by atoms with Gasteiger partial charge in [-0.05, 0) is 19.3 Å². The van der Waals surface area contributed by atoms with Crippen LogP contribution in [0.1, 0.15) is 19.3 Å². The zero-order valence-electron chi connectivity index (χ0n) is 9.03. The molecule has 0 radical (unpaired) electrons. The second-order valence-electron chi connectivity index (χ2n) is 4.70. The van der Waals surface area contributed by atoms with E-state index in [-0.39, 0.29) is 26.1 Å². The van der Waals surface area contributed by atoms with Crippen LogP contribution in [0.25, 0.3) is 0 Å². The number of nitrogens with zero attached hydrogens (tertiary/aromatic N) is 1. The second-order valence-corrected chi connectivity index (χ2v) is 4.70. The van der Waals surface area contributed by atoms with Gasteiger partial charge in [0.25, 0.3) is 0 Å². The van der Waals surface area contributed by atoms with Crippen LogP contribution in [0, 0.1) is 0 Å². The fourth-order valence-electron chi connectivity index (χ4n) is 1.92. The van der Waals surface area contributed by atoms with Crippen molar-refractivity contribution < 1.29 is 19.4 Å². The summed E-state index contributed by atoms with van der Waals surface area (Å²) in [7, 11) is 0. The predicted molar refractivity (Wildman–Crippen MR) is 55.1 cm³/mol. The Morgan fingerprint density at radius 3 is 2.75 bits per heavy atom. The monoisotopic (exact) mass is 232 g/mol. The Kier molecular flexibility index (Phi) is 3.03. The van der Waals surface area contributed by atoms with E-state index in [1.54, 1.807) is 0 Å². The van der Waals surface area contributed by atoms with Crippen LogP contribution in [0.15, 0.2) is 0 Å². The van der Waals surface area contributed by atoms with Crippen LogP contribution >= 0.6 is 0 Å². The summed E-state index contributed by atoms with van der Waals surface area (Å²) >= 11 is 0.